The van der Waals surface area contributed by atoms with Crippen molar-refractivity contribution in [2.75, 3.05) is 0 Å². The molecule has 20 heavy (non-hydrogen) atoms. The Labute approximate surface area is 120 Å². The molecule has 1 aromatic carbocycles. The third-order valence-corrected chi connectivity index (χ3v) is 3.22. The maximum Gasteiger partial charge on any atom is 0.325 e. The Morgan fingerprint density at radius 1 is 1.40 bits per heavy atom. The van der Waals surface area contributed by atoms with E-state index < -0.39 is 23.9 Å². The Bertz CT molecular complexity index is 561. The lowest BCUT2D eigenvalue weighted by atomic mass is 10.1. The Morgan fingerprint density at radius 2 is 2.15 bits per heavy atom. The normalized spacial score (nSPS) is 18.2. The molecule has 0 saturated carbocycles. The number of halogens is 1. The highest BCUT2D eigenvalue weighted by Gasteiger charge is 2.37. The molecule has 3 amide bonds. The highest BCUT2D eigenvalue weighted by Crippen LogP contribution is 2.17. The third-order valence-electron chi connectivity index (χ3n) is 2.98. The van der Waals surface area contributed by atoms with E-state index in [0.717, 1.165) is 10.5 Å². The van der Waals surface area contributed by atoms with Gasteiger partial charge in [-0.05, 0) is 24.1 Å². The van der Waals surface area contributed by atoms with Crippen molar-refractivity contribution in [3.05, 3.63) is 34.9 Å². The molecule has 7 heteroatoms. The van der Waals surface area contributed by atoms with Crippen LogP contribution in [0.25, 0.3) is 0 Å². The zero-order valence-corrected chi connectivity index (χ0v) is 11.3. The van der Waals surface area contributed by atoms with Crippen LogP contribution in [0.5, 0.6) is 0 Å². The lowest BCUT2D eigenvalue weighted by Gasteiger charge is -2.13. The molecule has 1 atom stereocenters. The van der Waals surface area contributed by atoms with Gasteiger partial charge in [0.25, 0.3) is 5.91 Å². The predicted molar refractivity (Wildman–Crippen MR) is 71.2 cm³/mol. The lowest BCUT2D eigenvalue weighted by molar-refractivity contribution is -0.137. The van der Waals surface area contributed by atoms with Crippen LogP contribution in [0, 0.1) is 0 Å². The van der Waals surface area contributed by atoms with Crippen LogP contribution in [0.15, 0.2) is 24.3 Å². The zero-order chi connectivity index (χ0) is 14.7. The summed E-state index contributed by atoms with van der Waals surface area (Å²) in [5.41, 5.74) is 0.736. The number of hydrogen-bond acceptors (Lipinski definition) is 3. The van der Waals surface area contributed by atoms with E-state index in [1.165, 1.54) is 0 Å². The number of carbonyl (C=O) groups is 3. The number of hydrogen-bond donors (Lipinski definition) is 2. The van der Waals surface area contributed by atoms with Crippen molar-refractivity contribution in [1.82, 2.24) is 10.2 Å². The van der Waals surface area contributed by atoms with Crippen LogP contribution in [-0.4, -0.2) is 34.0 Å². The largest absolute Gasteiger partial charge is 0.481 e. The van der Waals surface area contributed by atoms with Crippen molar-refractivity contribution in [3.8, 4) is 0 Å². The topological polar surface area (TPSA) is 86.7 Å². The van der Waals surface area contributed by atoms with Gasteiger partial charge in [0.1, 0.15) is 6.04 Å². The smallest absolute Gasteiger partial charge is 0.325 e. The van der Waals surface area contributed by atoms with Gasteiger partial charge in [-0.2, -0.15) is 0 Å². The third kappa shape index (κ3) is 3.27. The van der Waals surface area contributed by atoms with Crippen LogP contribution >= 0.6 is 11.6 Å². The van der Waals surface area contributed by atoms with Gasteiger partial charge in [0.2, 0.25) is 0 Å². The van der Waals surface area contributed by atoms with E-state index in [2.05, 4.69) is 5.32 Å². The lowest BCUT2D eigenvalue weighted by Crippen LogP contribution is -2.31. The van der Waals surface area contributed by atoms with Gasteiger partial charge in [-0.3, -0.25) is 14.5 Å². The van der Waals surface area contributed by atoms with E-state index in [9.17, 15) is 14.4 Å². The molecule has 1 aliphatic heterocycles. The number of aliphatic carboxylic acids is 1. The first-order chi connectivity index (χ1) is 9.47. The number of nitrogens with zero attached hydrogens (tertiary/aromatic N) is 1. The van der Waals surface area contributed by atoms with Crippen molar-refractivity contribution in [3.63, 3.8) is 0 Å². The summed E-state index contributed by atoms with van der Waals surface area (Å²) in [4.78, 5) is 35.3. The Balaban J connectivity index is 2.03. The van der Waals surface area contributed by atoms with Gasteiger partial charge in [-0.25, -0.2) is 4.79 Å². The zero-order valence-electron chi connectivity index (χ0n) is 10.5. The van der Waals surface area contributed by atoms with E-state index in [1.807, 2.05) is 0 Å². The second-order valence-electron chi connectivity index (χ2n) is 4.49. The first-order valence-electron chi connectivity index (χ1n) is 6.05. The maximum atomic E-state index is 12.0. The molecule has 1 aromatic rings. The highest BCUT2D eigenvalue weighted by atomic mass is 35.5. The molecule has 2 rings (SSSR count). The molecule has 1 saturated heterocycles. The van der Waals surface area contributed by atoms with Crippen molar-refractivity contribution < 1.29 is 19.5 Å². The molecule has 0 radical (unpaired) electrons. The number of nitrogens with one attached hydrogen (secondary N) is 1. The molecular weight excluding hydrogens is 284 g/mol. The number of amides is 3. The standard InChI is InChI=1S/C13H13ClN2O4/c14-9-3-1-2-8(6-9)7-16-12(19)10(15-13(16)20)4-5-11(17)18/h1-3,6,10H,4-5,7H2,(H,15,20)(H,17,18)/t10-/m0/s1. The average Bonchev–Trinajstić information content (AvgIpc) is 2.64. The number of benzene rings is 1. The molecular formula is C13H13ClN2O4. The van der Waals surface area contributed by atoms with Gasteiger partial charge in [0.05, 0.1) is 6.54 Å². The minimum atomic E-state index is -1.000. The number of imide groups is 1. The summed E-state index contributed by atoms with van der Waals surface area (Å²) in [6.07, 6.45) is -0.0757. The fourth-order valence-corrected chi connectivity index (χ4v) is 2.22. The second-order valence-corrected chi connectivity index (χ2v) is 4.93. The molecule has 0 aliphatic carbocycles. The summed E-state index contributed by atoms with van der Waals surface area (Å²) in [6, 6.07) is 5.59. The summed E-state index contributed by atoms with van der Waals surface area (Å²) >= 11 is 5.85. The van der Waals surface area contributed by atoms with E-state index in [4.69, 9.17) is 16.7 Å². The van der Waals surface area contributed by atoms with Crippen molar-refractivity contribution in [1.29, 1.82) is 0 Å². The predicted octanol–water partition coefficient (Wildman–Crippen LogP) is 1.63. The molecule has 0 bridgehead atoms. The Hall–Kier alpha value is -2.08. The first-order valence-corrected chi connectivity index (χ1v) is 6.43. The Kier molecular flexibility index (Phi) is 4.24. The van der Waals surface area contributed by atoms with E-state index in [0.29, 0.717) is 5.02 Å². The number of carboxylic acid groups (broad SMARTS) is 1. The minimum absolute atomic E-state index is 0.0892. The van der Waals surface area contributed by atoms with Crippen LogP contribution in [0.4, 0.5) is 4.79 Å². The molecule has 0 aromatic heterocycles. The molecule has 0 unspecified atom stereocenters. The molecule has 6 nitrogen and oxygen atoms in total. The van der Waals surface area contributed by atoms with Crippen molar-refractivity contribution >= 4 is 29.5 Å². The quantitative estimate of drug-likeness (QED) is 0.809. The van der Waals surface area contributed by atoms with Gasteiger partial charge < -0.3 is 10.4 Å². The highest BCUT2D eigenvalue weighted by molar-refractivity contribution is 6.30. The van der Waals surface area contributed by atoms with Crippen LogP contribution in [-0.2, 0) is 16.1 Å². The van der Waals surface area contributed by atoms with E-state index in [-0.39, 0.29) is 19.4 Å². The summed E-state index contributed by atoms with van der Waals surface area (Å²) < 4.78 is 0. The molecule has 2 N–H and O–H groups in total. The summed E-state index contributed by atoms with van der Waals surface area (Å²) in [5, 5.41) is 11.6. The van der Waals surface area contributed by atoms with Crippen LogP contribution < -0.4 is 5.32 Å². The summed E-state index contributed by atoms with van der Waals surface area (Å²) in [5.74, 6) is -1.41. The minimum Gasteiger partial charge on any atom is -0.481 e. The molecule has 1 aliphatic rings. The Morgan fingerprint density at radius 3 is 2.80 bits per heavy atom. The van der Waals surface area contributed by atoms with Crippen molar-refractivity contribution in [2.45, 2.75) is 25.4 Å². The second kappa shape index (κ2) is 5.92. The summed E-state index contributed by atoms with van der Waals surface area (Å²) in [6.45, 7) is 0.120. The van der Waals surface area contributed by atoms with E-state index in [1.54, 1.807) is 24.3 Å². The van der Waals surface area contributed by atoms with Gasteiger partial charge in [-0.1, -0.05) is 23.7 Å². The van der Waals surface area contributed by atoms with Crippen LogP contribution in [0.1, 0.15) is 18.4 Å². The molecule has 0 spiro atoms. The summed E-state index contributed by atoms with van der Waals surface area (Å²) in [7, 11) is 0. The van der Waals surface area contributed by atoms with E-state index >= 15 is 0 Å². The number of rotatable bonds is 5. The SMILES string of the molecule is O=C(O)CC[C@@H]1NC(=O)N(Cc2cccc(Cl)c2)C1=O. The van der Waals surface area contributed by atoms with Gasteiger partial charge in [0, 0.05) is 11.4 Å². The molecule has 1 fully saturated rings. The number of urea groups is 1. The van der Waals surface area contributed by atoms with Gasteiger partial charge >= 0.3 is 12.0 Å². The fraction of sp³-hybridized carbons (Fsp3) is 0.308. The van der Waals surface area contributed by atoms with Crippen molar-refractivity contribution in [2.24, 2.45) is 0 Å². The number of carbonyl (C=O) groups excluding carboxylic acids is 2. The number of carboxylic acids is 1. The average molecular weight is 297 g/mol. The van der Waals surface area contributed by atoms with Gasteiger partial charge in [0.15, 0.2) is 0 Å². The van der Waals surface area contributed by atoms with Crippen LogP contribution in [0.2, 0.25) is 5.02 Å². The molecule has 1 heterocycles. The van der Waals surface area contributed by atoms with Gasteiger partial charge in [-0.15, -0.1) is 0 Å². The monoisotopic (exact) mass is 296 g/mol. The first kappa shape index (κ1) is 14.3. The maximum absolute atomic E-state index is 12.0. The van der Waals surface area contributed by atoms with Crippen LogP contribution in [0.3, 0.4) is 0 Å². The molecule has 106 valence electrons. The fourth-order valence-electron chi connectivity index (χ4n) is 2.01.